The largest absolute Gasteiger partial charge is 0.332 e. The van der Waals surface area contributed by atoms with Crippen LogP contribution >= 0.6 is 0 Å². The lowest BCUT2D eigenvalue weighted by molar-refractivity contribution is -0.138. The fraction of sp³-hybridized carbons (Fsp3) is 0.500. The van der Waals surface area contributed by atoms with Gasteiger partial charge in [-0.25, -0.2) is 0 Å². The molecular weight excluding hydrogens is 302 g/mol. The van der Waals surface area contributed by atoms with E-state index in [1.165, 1.54) is 12.8 Å². The van der Waals surface area contributed by atoms with Crippen molar-refractivity contribution in [2.24, 2.45) is 0 Å². The van der Waals surface area contributed by atoms with Crippen LogP contribution < -0.4 is 0 Å². The van der Waals surface area contributed by atoms with Crippen molar-refractivity contribution >= 4 is 5.91 Å². The second-order valence-electron chi connectivity index (χ2n) is 6.63. The zero-order valence-electron chi connectivity index (χ0n) is 14.1. The van der Waals surface area contributed by atoms with Crippen molar-refractivity contribution in [2.75, 3.05) is 19.6 Å². The summed E-state index contributed by atoms with van der Waals surface area (Å²) in [5, 5.41) is 8.36. The van der Waals surface area contributed by atoms with Crippen LogP contribution in [0.3, 0.4) is 0 Å². The molecule has 1 atom stereocenters. The fourth-order valence-corrected chi connectivity index (χ4v) is 3.81. The van der Waals surface area contributed by atoms with Gasteiger partial charge in [-0.2, -0.15) is 0 Å². The van der Waals surface area contributed by atoms with Gasteiger partial charge in [0.1, 0.15) is 11.9 Å². The summed E-state index contributed by atoms with van der Waals surface area (Å²) in [7, 11) is 0. The van der Waals surface area contributed by atoms with E-state index in [4.69, 9.17) is 0 Å². The summed E-state index contributed by atoms with van der Waals surface area (Å²) < 4.78 is 2.11. The van der Waals surface area contributed by atoms with Crippen LogP contribution in [0.1, 0.15) is 36.1 Å². The van der Waals surface area contributed by atoms with Gasteiger partial charge in [0.15, 0.2) is 5.82 Å². The van der Waals surface area contributed by atoms with Gasteiger partial charge in [-0.1, -0.05) is 30.3 Å². The van der Waals surface area contributed by atoms with E-state index in [0.29, 0.717) is 6.54 Å². The monoisotopic (exact) mass is 325 g/mol. The second-order valence-corrected chi connectivity index (χ2v) is 6.63. The maximum Gasteiger partial charge on any atom is 0.245 e. The highest BCUT2D eigenvalue weighted by molar-refractivity contribution is 5.83. The van der Waals surface area contributed by atoms with E-state index in [0.717, 1.165) is 43.4 Å². The first kappa shape index (κ1) is 15.3. The molecule has 0 radical (unpaired) electrons. The fourth-order valence-electron chi connectivity index (χ4n) is 3.81. The van der Waals surface area contributed by atoms with Crippen molar-refractivity contribution in [2.45, 2.75) is 38.9 Å². The van der Waals surface area contributed by atoms with E-state index >= 15 is 0 Å². The zero-order valence-corrected chi connectivity index (χ0v) is 14.1. The molecule has 0 spiro atoms. The van der Waals surface area contributed by atoms with Gasteiger partial charge in [-0.15, -0.1) is 10.2 Å². The summed E-state index contributed by atoms with van der Waals surface area (Å²) in [6, 6.07) is 9.99. The van der Waals surface area contributed by atoms with Crippen LogP contribution in [0.5, 0.6) is 0 Å². The molecule has 0 unspecified atom stereocenters. The zero-order chi connectivity index (χ0) is 16.5. The number of rotatable bonds is 3. The molecule has 24 heavy (non-hydrogen) atoms. The number of benzene rings is 1. The van der Waals surface area contributed by atoms with E-state index < -0.39 is 0 Å². The lowest BCUT2D eigenvalue weighted by Gasteiger charge is -2.34. The number of likely N-dealkylation sites (tertiary alicyclic amines) is 1. The molecule has 1 saturated heterocycles. The number of carbonyl (C=O) groups is 1. The smallest absolute Gasteiger partial charge is 0.245 e. The molecule has 1 amide bonds. The molecular formula is C18H23N5O. The molecule has 1 fully saturated rings. The summed E-state index contributed by atoms with van der Waals surface area (Å²) in [6.45, 7) is 6.01. The molecule has 0 saturated carbocycles. The molecule has 0 aliphatic carbocycles. The normalized spacial score (nSPS) is 19.3. The SMILES string of the molecule is Cc1nnc2n1CCN(C(=O)[C@H](c1ccccc1)N1CCCC1)C2. The van der Waals surface area contributed by atoms with E-state index in [9.17, 15) is 4.79 Å². The van der Waals surface area contributed by atoms with Gasteiger partial charge in [0.2, 0.25) is 5.91 Å². The third-order valence-corrected chi connectivity index (χ3v) is 5.10. The molecule has 0 N–H and O–H groups in total. The number of hydrogen-bond donors (Lipinski definition) is 0. The molecule has 4 rings (SSSR count). The van der Waals surface area contributed by atoms with Crippen molar-refractivity contribution in [1.29, 1.82) is 0 Å². The predicted octanol–water partition coefficient (Wildman–Crippen LogP) is 1.77. The first-order valence-electron chi connectivity index (χ1n) is 8.70. The molecule has 3 heterocycles. The number of nitrogens with zero attached hydrogens (tertiary/aromatic N) is 5. The van der Waals surface area contributed by atoms with Crippen LogP contribution in [-0.4, -0.2) is 50.1 Å². The van der Waals surface area contributed by atoms with Crippen LogP contribution in [0, 0.1) is 6.92 Å². The number of hydrogen-bond acceptors (Lipinski definition) is 4. The molecule has 2 aromatic rings. The number of fused-ring (bicyclic) bond motifs is 1. The summed E-state index contributed by atoms with van der Waals surface area (Å²) >= 11 is 0. The maximum atomic E-state index is 13.3. The average molecular weight is 325 g/mol. The number of amides is 1. The van der Waals surface area contributed by atoms with Gasteiger partial charge < -0.3 is 9.47 Å². The van der Waals surface area contributed by atoms with Crippen molar-refractivity contribution in [1.82, 2.24) is 24.6 Å². The minimum atomic E-state index is -0.177. The van der Waals surface area contributed by atoms with Gasteiger partial charge in [0, 0.05) is 13.1 Å². The Balaban J connectivity index is 1.60. The van der Waals surface area contributed by atoms with Crippen molar-refractivity contribution < 1.29 is 4.79 Å². The van der Waals surface area contributed by atoms with Crippen LogP contribution in [0.25, 0.3) is 0 Å². The number of carbonyl (C=O) groups excluding carboxylic acids is 1. The first-order chi connectivity index (χ1) is 11.7. The number of aromatic nitrogens is 3. The van der Waals surface area contributed by atoms with Crippen molar-refractivity contribution in [3.8, 4) is 0 Å². The van der Waals surface area contributed by atoms with E-state index in [2.05, 4.69) is 31.8 Å². The highest BCUT2D eigenvalue weighted by atomic mass is 16.2. The highest BCUT2D eigenvalue weighted by Gasteiger charge is 2.34. The first-order valence-corrected chi connectivity index (χ1v) is 8.70. The third-order valence-electron chi connectivity index (χ3n) is 5.10. The molecule has 6 heteroatoms. The lowest BCUT2D eigenvalue weighted by Crippen LogP contribution is -2.45. The average Bonchev–Trinajstić information content (AvgIpc) is 3.26. The highest BCUT2D eigenvalue weighted by Crippen LogP contribution is 2.28. The molecule has 1 aromatic heterocycles. The van der Waals surface area contributed by atoms with Gasteiger partial charge in [0.25, 0.3) is 0 Å². The van der Waals surface area contributed by atoms with E-state index in [1.807, 2.05) is 30.0 Å². The summed E-state index contributed by atoms with van der Waals surface area (Å²) in [5.41, 5.74) is 1.09. The second kappa shape index (κ2) is 6.36. The molecule has 2 aliphatic rings. The van der Waals surface area contributed by atoms with Crippen molar-refractivity contribution in [3.05, 3.63) is 47.5 Å². The van der Waals surface area contributed by atoms with Crippen LogP contribution in [0.2, 0.25) is 0 Å². The van der Waals surface area contributed by atoms with Gasteiger partial charge in [-0.05, 0) is 38.4 Å². The van der Waals surface area contributed by atoms with Crippen LogP contribution in [0.15, 0.2) is 30.3 Å². The molecule has 1 aromatic carbocycles. The van der Waals surface area contributed by atoms with Gasteiger partial charge in [0.05, 0.1) is 6.54 Å². The maximum absolute atomic E-state index is 13.3. The molecule has 2 aliphatic heterocycles. The number of aryl methyl sites for hydroxylation is 1. The Labute approximate surface area is 142 Å². The molecule has 0 bridgehead atoms. The summed E-state index contributed by atoms with van der Waals surface area (Å²) in [5.74, 6) is 2.01. The predicted molar refractivity (Wildman–Crippen MR) is 90.2 cm³/mol. The third kappa shape index (κ3) is 2.71. The Morgan fingerprint density at radius 1 is 1.04 bits per heavy atom. The Morgan fingerprint density at radius 3 is 2.54 bits per heavy atom. The summed E-state index contributed by atoms with van der Waals surface area (Å²) in [6.07, 6.45) is 2.34. The summed E-state index contributed by atoms with van der Waals surface area (Å²) in [4.78, 5) is 17.6. The standard InChI is InChI=1S/C18H23N5O/c1-14-19-20-16-13-22(11-12-23(14)16)18(24)17(21-9-5-6-10-21)15-7-3-2-4-8-15/h2-4,7-8,17H,5-6,9-13H2,1H3/t17-/m0/s1. The Morgan fingerprint density at radius 2 is 1.79 bits per heavy atom. The Hall–Kier alpha value is -2.21. The van der Waals surface area contributed by atoms with Crippen LogP contribution in [-0.2, 0) is 17.9 Å². The van der Waals surface area contributed by atoms with Gasteiger partial charge >= 0.3 is 0 Å². The van der Waals surface area contributed by atoms with Gasteiger partial charge in [-0.3, -0.25) is 9.69 Å². The van der Waals surface area contributed by atoms with Crippen molar-refractivity contribution in [3.63, 3.8) is 0 Å². The molecule has 126 valence electrons. The Kier molecular flexibility index (Phi) is 4.06. The van der Waals surface area contributed by atoms with E-state index in [1.54, 1.807) is 0 Å². The lowest BCUT2D eigenvalue weighted by atomic mass is 10.0. The van der Waals surface area contributed by atoms with Crippen LogP contribution in [0.4, 0.5) is 0 Å². The molecule has 6 nitrogen and oxygen atoms in total. The minimum Gasteiger partial charge on any atom is -0.332 e. The van der Waals surface area contributed by atoms with E-state index in [-0.39, 0.29) is 11.9 Å². The Bertz CT molecular complexity index is 720. The minimum absolute atomic E-state index is 0.177. The quantitative estimate of drug-likeness (QED) is 0.863. The topological polar surface area (TPSA) is 54.3 Å².